The first-order valence-corrected chi connectivity index (χ1v) is 9.33. The van der Waals surface area contributed by atoms with Crippen molar-refractivity contribution in [3.8, 4) is 0 Å². The normalized spacial score (nSPS) is 16.3. The molecule has 1 saturated heterocycles. The maximum Gasteiger partial charge on any atom is 0.247 e. The van der Waals surface area contributed by atoms with Gasteiger partial charge in [-0.05, 0) is 18.2 Å². The number of nitrogens with zero attached hydrogens (tertiary/aromatic N) is 7. The van der Waals surface area contributed by atoms with Crippen LogP contribution in [0.15, 0.2) is 42.9 Å². The van der Waals surface area contributed by atoms with E-state index in [9.17, 15) is 0 Å². The predicted octanol–water partition coefficient (Wildman–Crippen LogP) is 2.04. The Labute approximate surface area is 162 Å². The van der Waals surface area contributed by atoms with E-state index in [2.05, 4.69) is 42.4 Å². The van der Waals surface area contributed by atoms with E-state index in [1.165, 1.54) is 5.69 Å². The van der Waals surface area contributed by atoms with Crippen molar-refractivity contribution in [2.45, 2.75) is 6.54 Å². The molecule has 5 rings (SSSR count). The van der Waals surface area contributed by atoms with Crippen molar-refractivity contribution in [2.75, 3.05) is 41.4 Å². The number of aryl methyl sites for hydroxylation is 1. The fraction of sp³-hybridized carbons (Fsp3) is 0.316. The molecular weight excluding hydrogens is 356 g/mol. The van der Waals surface area contributed by atoms with Crippen LogP contribution in [-0.2, 0) is 18.3 Å². The summed E-state index contributed by atoms with van der Waals surface area (Å²) >= 11 is 0. The molecule has 144 valence electrons. The summed E-state index contributed by atoms with van der Waals surface area (Å²) < 4.78 is 9.04. The van der Waals surface area contributed by atoms with Crippen molar-refractivity contribution in [1.82, 2.24) is 24.5 Å². The fourth-order valence-electron chi connectivity index (χ4n) is 3.45. The summed E-state index contributed by atoms with van der Waals surface area (Å²) in [5, 5.41) is 12.1. The lowest BCUT2D eigenvalue weighted by Crippen LogP contribution is -2.36. The van der Waals surface area contributed by atoms with Crippen LogP contribution in [0, 0.1) is 0 Å². The Bertz CT molecular complexity index is 1000. The molecule has 1 fully saturated rings. The van der Waals surface area contributed by atoms with Crippen LogP contribution in [0.4, 0.5) is 23.0 Å². The van der Waals surface area contributed by atoms with E-state index in [1.54, 1.807) is 9.36 Å². The molecule has 9 nitrogen and oxygen atoms in total. The zero-order chi connectivity index (χ0) is 18.9. The van der Waals surface area contributed by atoms with Gasteiger partial charge in [0.05, 0.1) is 31.6 Å². The molecule has 0 spiro atoms. The lowest BCUT2D eigenvalue weighted by atomic mass is 10.2. The first kappa shape index (κ1) is 16.8. The maximum atomic E-state index is 5.44. The second-order valence-electron chi connectivity index (χ2n) is 6.87. The average Bonchev–Trinajstić information content (AvgIpc) is 3.34. The monoisotopic (exact) mass is 378 g/mol. The van der Waals surface area contributed by atoms with Gasteiger partial charge in [0.2, 0.25) is 5.95 Å². The molecule has 2 aliphatic heterocycles. The topological polar surface area (TPSA) is 76.3 Å². The minimum absolute atomic E-state index is 0.590. The minimum atomic E-state index is 0.590. The molecule has 1 N–H and O–H groups in total. The number of benzene rings is 1. The van der Waals surface area contributed by atoms with E-state index < -0.39 is 0 Å². The van der Waals surface area contributed by atoms with Gasteiger partial charge in [0.25, 0.3) is 0 Å². The smallest absolute Gasteiger partial charge is 0.247 e. The number of aromatic nitrogens is 5. The molecule has 1 aromatic carbocycles. The molecule has 0 amide bonds. The molecular formula is C19H22N8O. The summed E-state index contributed by atoms with van der Waals surface area (Å²) in [5.41, 5.74) is 3.18. The van der Waals surface area contributed by atoms with Crippen molar-refractivity contribution in [3.05, 3.63) is 48.7 Å². The molecule has 0 aliphatic carbocycles. The number of nitrogens with one attached hydrogen (secondary N) is 1. The Balaban J connectivity index is 1.31. The average molecular weight is 378 g/mol. The molecule has 0 atom stereocenters. The molecule has 2 aliphatic rings. The van der Waals surface area contributed by atoms with Gasteiger partial charge < -0.3 is 19.9 Å². The molecule has 0 radical (unpaired) electrons. The molecule has 0 bridgehead atoms. The fourth-order valence-corrected chi connectivity index (χ4v) is 3.45. The Kier molecular flexibility index (Phi) is 4.21. The second-order valence-corrected chi connectivity index (χ2v) is 6.87. The predicted molar refractivity (Wildman–Crippen MR) is 107 cm³/mol. The van der Waals surface area contributed by atoms with Crippen LogP contribution in [0.3, 0.4) is 0 Å². The standard InChI is InChI=1S/C19H22N8O/c1-24-13-17(12-20-24)26-5-6-27-18(14-26)22-19(23-27)21-15-3-2-4-16(11-15)25-7-9-28-10-8-25/h2-6,11-13H,7-10,14H2,1H3,(H,21,23). The summed E-state index contributed by atoms with van der Waals surface area (Å²) in [5.74, 6) is 1.46. The van der Waals surface area contributed by atoms with Crippen LogP contribution < -0.4 is 15.1 Å². The Morgan fingerprint density at radius 1 is 1.11 bits per heavy atom. The Morgan fingerprint density at radius 3 is 2.82 bits per heavy atom. The molecule has 2 aromatic heterocycles. The number of fused-ring (bicyclic) bond motifs is 1. The van der Waals surface area contributed by atoms with E-state index in [4.69, 9.17) is 4.74 Å². The zero-order valence-electron chi connectivity index (χ0n) is 15.7. The SMILES string of the molecule is Cn1cc(N2C=Cn3nc(Nc4cccc(N5CCOCC5)c4)nc3C2)cn1. The van der Waals surface area contributed by atoms with Gasteiger partial charge in [-0.3, -0.25) is 4.68 Å². The Hall–Kier alpha value is -3.33. The van der Waals surface area contributed by atoms with Gasteiger partial charge in [0, 0.05) is 50.1 Å². The highest BCUT2D eigenvalue weighted by Gasteiger charge is 2.18. The van der Waals surface area contributed by atoms with Gasteiger partial charge >= 0.3 is 0 Å². The summed E-state index contributed by atoms with van der Waals surface area (Å²) in [6, 6.07) is 8.33. The van der Waals surface area contributed by atoms with Crippen LogP contribution in [0.1, 0.15) is 5.82 Å². The Morgan fingerprint density at radius 2 is 2.00 bits per heavy atom. The highest BCUT2D eigenvalue weighted by molar-refractivity contribution is 5.62. The number of hydrogen-bond acceptors (Lipinski definition) is 7. The number of anilines is 4. The van der Waals surface area contributed by atoms with Crippen LogP contribution in [0.25, 0.3) is 6.20 Å². The zero-order valence-corrected chi connectivity index (χ0v) is 15.7. The summed E-state index contributed by atoms with van der Waals surface area (Å²) in [6.45, 7) is 4.01. The van der Waals surface area contributed by atoms with Crippen LogP contribution >= 0.6 is 0 Å². The number of rotatable bonds is 4. The van der Waals surface area contributed by atoms with E-state index >= 15 is 0 Å². The highest BCUT2D eigenvalue weighted by atomic mass is 16.5. The quantitative estimate of drug-likeness (QED) is 0.744. The van der Waals surface area contributed by atoms with Gasteiger partial charge in [0.15, 0.2) is 5.82 Å². The van der Waals surface area contributed by atoms with Crippen molar-refractivity contribution >= 4 is 29.2 Å². The van der Waals surface area contributed by atoms with Crippen molar-refractivity contribution in [2.24, 2.45) is 7.05 Å². The van der Waals surface area contributed by atoms with Gasteiger partial charge in [0.1, 0.15) is 0 Å². The van der Waals surface area contributed by atoms with Gasteiger partial charge in [-0.1, -0.05) is 6.07 Å². The molecule has 4 heterocycles. The van der Waals surface area contributed by atoms with E-state index in [-0.39, 0.29) is 0 Å². The number of hydrogen-bond donors (Lipinski definition) is 1. The third-order valence-corrected chi connectivity index (χ3v) is 4.90. The summed E-state index contributed by atoms with van der Waals surface area (Å²) in [4.78, 5) is 9.08. The van der Waals surface area contributed by atoms with Gasteiger partial charge in [-0.15, -0.1) is 5.10 Å². The molecule has 28 heavy (non-hydrogen) atoms. The van der Waals surface area contributed by atoms with Gasteiger partial charge in [-0.25, -0.2) is 4.68 Å². The van der Waals surface area contributed by atoms with Crippen molar-refractivity contribution in [3.63, 3.8) is 0 Å². The van der Waals surface area contributed by atoms with Crippen LogP contribution in [0.5, 0.6) is 0 Å². The second kappa shape index (κ2) is 7.01. The van der Waals surface area contributed by atoms with Crippen molar-refractivity contribution < 1.29 is 4.74 Å². The summed E-state index contributed by atoms with van der Waals surface area (Å²) in [7, 11) is 1.91. The first-order chi connectivity index (χ1) is 13.7. The molecule has 3 aromatic rings. The highest BCUT2D eigenvalue weighted by Crippen LogP contribution is 2.24. The first-order valence-electron chi connectivity index (χ1n) is 9.33. The van der Waals surface area contributed by atoms with Crippen LogP contribution in [-0.4, -0.2) is 50.8 Å². The number of morpholine rings is 1. The van der Waals surface area contributed by atoms with E-state index in [1.807, 2.05) is 44.0 Å². The molecule has 0 unspecified atom stereocenters. The largest absolute Gasteiger partial charge is 0.378 e. The maximum absolute atomic E-state index is 5.44. The van der Waals surface area contributed by atoms with E-state index in [0.29, 0.717) is 12.5 Å². The third kappa shape index (κ3) is 3.31. The number of ether oxygens (including phenoxy) is 1. The third-order valence-electron chi connectivity index (χ3n) is 4.90. The molecule has 0 saturated carbocycles. The van der Waals surface area contributed by atoms with Crippen molar-refractivity contribution in [1.29, 1.82) is 0 Å². The van der Waals surface area contributed by atoms with Gasteiger partial charge in [-0.2, -0.15) is 10.1 Å². The lowest BCUT2D eigenvalue weighted by molar-refractivity contribution is 0.122. The lowest BCUT2D eigenvalue weighted by Gasteiger charge is -2.29. The minimum Gasteiger partial charge on any atom is -0.378 e. The summed E-state index contributed by atoms with van der Waals surface area (Å²) in [6.07, 6.45) is 7.72. The van der Waals surface area contributed by atoms with Crippen LogP contribution in [0.2, 0.25) is 0 Å². The molecule has 9 heteroatoms. The van der Waals surface area contributed by atoms with E-state index in [0.717, 1.165) is 43.5 Å².